The van der Waals surface area contributed by atoms with Crippen LogP contribution in [0.15, 0.2) is 0 Å². The third-order valence-corrected chi connectivity index (χ3v) is 5.34. The summed E-state index contributed by atoms with van der Waals surface area (Å²) in [5, 5.41) is 31.3. The third kappa shape index (κ3) is 8.57. The van der Waals surface area contributed by atoms with E-state index >= 15 is 0 Å². The summed E-state index contributed by atoms with van der Waals surface area (Å²) in [7, 11) is 0. The number of carbonyl (C=O) groups excluding carboxylic acids is 5. The van der Waals surface area contributed by atoms with Crippen LogP contribution < -0.4 is 0 Å². The van der Waals surface area contributed by atoms with Crippen LogP contribution in [-0.2, 0) is 61.9 Å². The molecule has 2 fully saturated rings. The van der Waals surface area contributed by atoms with Gasteiger partial charge in [-0.2, -0.15) is 0 Å². The van der Waals surface area contributed by atoms with Crippen molar-refractivity contribution in [2.24, 2.45) is 0 Å². The Hall–Kier alpha value is -2.89. The molecule has 5 unspecified atom stereocenters. The molecule has 2 rings (SSSR count). The van der Waals surface area contributed by atoms with Crippen LogP contribution in [0.3, 0.4) is 0 Å². The molecule has 16 heteroatoms. The van der Waals surface area contributed by atoms with Crippen LogP contribution in [0, 0.1) is 0 Å². The smallest absolute Gasteiger partial charge is 0.303 e. The first-order valence-corrected chi connectivity index (χ1v) is 11.5. The molecule has 0 aromatic heterocycles. The first-order chi connectivity index (χ1) is 17.7. The number of aliphatic hydroxyl groups is 3. The Morgan fingerprint density at radius 3 is 1.61 bits per heavy atom. The third-order valence-electron chi connectivity index (χ3n) is 5.34. The van der Waals surface area contributed by atoms with Crippen molar-refractivity contribution in [2.75, 3.05) is 13.2 Å². The Morgan fingerprint density at radius 1 is 0.579 bits per heavy atom. The quantitative estimate of drug-likeness (QED) is 0.198. The highest BCUT2D eigenvalue weighted by Gasteiger charge is 2.53. The summed E-state index contributed by atoms with van der Waals surface area (Å²) in [5.41, 5.74) is 0. The molecule has 2 saturated heterocycles. The summed E-state index contributed by atoms with van der Waals surface area (Å²) in [4.78, 5) is 57.9. The summed E-state index contributed by atoms with van der Waals surface area (Å²) in [6.45, 7) is 4.21. The Balaban J connectivity index is 2.30. The molecule has 3 N–H and O–H groups in total. The second-order valence-electron chi connectivity index (χ2n) is 8.52. The molecular formula is C22H32O16. The minimum Gasteiger partial charge on any atom is -0.463 e. The molecule has 0 radical (unpaired) electrons. The van der Waals surface area contributed by atoms with Gasteiger partial charge in [0.25, 0.3) is 0 Å². The molecule has 16 nitrogen and oxygen atoms in total. The predicted molar refractivity (Wildman–Crippen MR) is 116 cm³/mol. The van der Waals surface area contributed by atoms with Crippen molar-refractivity contribution < 1.29 is 77.2 Å². The van der Waals surface area contributed by atoms with E-state index in [2.05, 4.69) is 0 Å². The van der Waals surface area contributed by atoms with Gasteiger partial charge in [0.05, 0.1) is 6.61 Å². The van der Waals surface area contributed by atoms with Gasteiger partial charge < -0.3 is 53.2 Å². The molecule has 0 amide bonds. The van der Waals surface area contributed by atoms with Gasteiger partial charge in [-0.15, -0.1) is 0 Å². The van der Waals surface area contributed by atoms with Crippen molar-refractivity contribution in [2.45, 2.75) is 96.0 Å². The zero-order chi connectivity index (χ0) is 28.7. The van der Waals surface area contributed by atoms with Gasteiger partial charge in [-0.05, 0) is 0 Å². The largest absolute Gasteiger partial charge is 0.463 e. The number of carbonyl (C=O) groups is 5. The molecule has 0 saturated carbocycles. The predicted octanol–water partition coefficient (Wildman–Crippen LogP) is -2.54. The van der Waals surface area contributed by atoms with Crippen LogP contribution in [0.5, 0.6) is 0 Å². The van der Waals surface area contributed by atoms with Gasteiger partial charge in [-0.3, -0.25) is 24.0 Å². The van der Waals surface area contributed by atoms with Gasteiger partial charge in [0.2, 0.25) is 0 Å². The summed E-state index contributed by atoms with van der Waals surface area (Å²) < 4.78 is 41.9. The molecule has 2 heterocycles. The lowest BCUT2D eigenvalue weighted by Gasteiger charge is -2.44. The lowest BCUT2D eigenvalue weighted by atomic mass is 9.97. The van der Waals surface area contributed by atoms with Crippen molar-refractivity contribution in [1.82, 2.24) is 0 Å². The van der Waals surface area contributed by atoms with E-state index in [0.29, 0.717) is 0 Å². The molecular weight excluding hydrogens is 520 g/mol. The number of hydrogen-bond acceptors (Lipinski definition) is 16. The maximum absolute atomic E-state index is 11.8. The second kappa shape index (κ2) is 13.8. The normalized spacial score (nSPS) is 34.9. The molecule has 0 bridgehead atoms. The summed E-state index contributed by atoms with van der Waals surface area (Å²) in [6.07, 6.45) is -15.6. The Bertz CT molecular complexity index is 873. The van der Waals surface area contributed by atoms with E-state index in [0.717, 1.165) is 34.6 Å². The molecule has 216 valence electrons. The molecule has 38 heavy (non-hydrogen) atoms. The number of aliphatic hydroxyl groups excluding tert-OH is 3. The van der Waals surface area contributed by atoms with E-state index in [1.165, 1.54) is 0 Å². The molecule has 2 aliphatic rings. The van der Waals surface area contributed by atoms with Crippen molar-refractivity contribution >= 4 is 29.8 Å². The maximum atomic E-state index is 11.8. The van der Waals surface area contributed by atoms with Crippen LogP contribution in [-0.4, -0.2) is 120 Å². The Morgan fingerprint density at radius 2 is 1.08 bits per heavy atom. The fourth-order valence-corrected chi connectivity index (χ4v) is 3.89. The highest BCUT2D eigenvalue weighted by Crippen LogP contribution is 2.30. The fourth-order valence-electron chi connectivity index (χ4n) is 3.89. The van der Waals surface area contributed by atoms with Gasteiger partial charge in [0.15, 0.2) is 37.0 Å². The zero-order valence-corrected chi connectivity index (χ0v) is 21.3. The lowest BCUT2D eigenvalue weighted by molar-refractivity contribution is -0.328. The Kier molecular flexibility index (Phi) is 11.4. The highest BCUT2D eigenvalue weighted by atomic mass is 16.7. The van der Waals surface area contributed by atoms with E-state index in [-0.39, 0.29) is 0 Å². The molecule has 0 aromatic rings. The van der Waals surface area contributed by atoms with Gasteiger partial charge >= 0.3 is 29.8 Å². The van der Waals surface area contributed by atoms with Gasteiger partial charge in [-0.1, -0.05) is 0 Å². The minimum atomic E-state index is -1.86. The Labute approximate surface area is 216 Å². The average Bonchev–Trinajstić information content (AvgIpc) is 2.79. The number of esters is 5. The van der Waals surface area contributed by atoms with Crippen molar-refractivity contribution in [3.05, 3.63) is 0 Å². The van der Waals surface area contributed by atoms with E-state index in [4.69, 9.17) is 37.9 Å². The number of rotatable bonds is 9. The second-order valence-corrected chi connectivity index (χ2v) is 8.52. The molecule has 10 atom stereocenters. The van der Waals surface area contributed by atoms with Gasteiger partial charge in [0.1, 0.15) is 31.0 Å². The monoisotopic (exact) mass is 552 g/mol. The summed E-state index contributed by atoms with van der Waals surface area (Å²) in [6, 6.07) is 0. The van der Waals surface area contributed by atoms with Crippen LogP contribution in [0.4, 0.5) is 0 Å². The molecule has 0 aliphatic carbocycles. The maximum Gasteiger partial charge on any atom is 0.303 e. The van der Waals surface area contributed by atoms with Gasteiger partial charge in [0, 0.05) is 34.6 Å². The average molecular weight is 552 g/mol. The van der Waals surface area contributed by atoms with Crippen molar-refractivity contribution in [3.8, 4) is 0 Å². The molecule has 0 aromatic carbocycles. The standard InChI is InChI=1S/C22H32O16/c1-8(23)31-6-13-15(28)16(29)18(34-10(3)25)22(38-13)32-7-14-17(33-9(2)24)19(35-11(4)26)20(21(30)37-14)36-12(5)27/h13-22,28-30H,6-7H2,1-5H3/t13?,14?,15-,16-,17+,18?,19?,20-,21?,22-/m0/s1. The van der Waals surface area contributed by atoms with Crippen LogP contribution in [0.1, 0.15) is 34.6 Å². The fraction of sp³-hybridized carbons (Fsp3) is 0.773. The van der Waals surface area contributed by atoms with E-state index in [1.807, 2.05) is 0 Å². The van der Waals surface area contributed by atoms with Crippen molar-refractivity contribution in [3.63, 3.8) is 0 Å². The highest BCUT2D eigenvalue weighted by molar-refractivity contribution is 5.68. The lowest BCUT2D eigenvalue weighted by Crippen LogP contribution is -2.63. The van der Waals surface area contributed by atoms with Gasteiger partial charge in [-0.25, -0.2) is 0 Å². The first-order valence-electron chi connectivity index (χ1n) is 11.5. The summed E-state index contributed by atoms with van der Waals surface area (Å²) in [5.74, 6) is -4.09. The topological polar surface area (TPSA) is 220 Å². The van der Waals surface area contributed by atoms with Crippen LogP contribution in [0.2, 0.25) is 0 Å². The van der Waals surface area contributed by atoms with E-state index in [1.54, 1.807) is 0 Å². The number of hydrogen-bond donors (Lipinski definition) is 3. The van der Waals surface area contributed by atoms with E-state index < -0.39 is 104 Å². The molecule has 0 spiro atoms. The summed E-state index contributed by atoms with van der Waals surface area (Å²) >= 11 is 0. The SMILES string of the molecule is CC(=O)OCC1O[C@H](OCC2OC(O)[C@@H](OC(C)=O)C(OC(C)=O)[C@@H]2OC(C)=O)C(OC(C)=O)[C@@H](O)[C@H]1O. The minimum absolute atomic E-state index is 0.479. The van der Waals surface area contributed by atoms with Crippen LogP contribution >= 0.6 is 0 Å². The van der Waals surface area contributed by atoms with E-state index in [9.17, 15) is 39.3 Å². The zero-order valence-electron chi connectivity index (χ0n) is 21.3. The number of ether oxygens (including phenoxy) is 8. The van der Waals surface area contributed by atoms with Crippen molar-refractivity contribution in [1.29, 1.82) is 0 Å². The van der Waals surface area contributed by atoms with Crippen LogP contribution in [0.25, 0.3) is 0 Å². The first kappa shape index (κ1) is 31.3. The molecule has 2 aliphatic heterocycles.